The predicted octanol–water partition coefficient (Wildman–Crippen LogP) is 3.45. The van der Waals surface area contributed by atoms with Crippen molar-refractivity contribution in [2.45, 2.75) is 13.3 Å². The van der Waals surface area contributed by atoms with Gasteiger partial charge >= 0.3 is 0 Å². The molecule has 0 atom stereocenters. The summed E-state index contributed by atoms with van der Waals surface area (Å²) in [6.07, 6.45) is 0.526. The Morgan fingerprint density at radius 2 is 1.83 bits per heavy atom. The maximum absolute atomic E-state index is 13.4. The maximum Gasteiger partial charge on any atom is 0.278 e. The molecule has 0 spiro atoms. The fourth-order valence-electron chi connectivity index (χ4n) is 3.12. The SMILES string of the molecule is CCOc1cccc(NC2=C(c3ccc(F)cc3)C(=O)N(CCCOC)C2=O)c1. The molecule has 1 aliphatic heterocycles. The average molecular weight is 398 g/mol. The highest BCUT2D eigenvalue weighted by molar-refractivity contribution is 6.36. The Morgan fingerprint density at radius 3 is 2.52 bits per heavy atom. The standard InChI is InChI=1S/C22H23FN2O4/c1-3-29-18-7-4-6-17(14-18)24-20-19(15-8-10-16(23)11-9-15)21(26)25(22(20)27)12-5-13-28-2/h4,6-11,14,24H,3,5,12-13H2,1-2H3. The van der Waals surface area contributed by atoms with Crippen molar-refractivity contribution < 1.29 is 23.5 Å². The Labute approximate surface area is 168 Å². The van der Waals surface area contributed by atoms with E-state index in [1.165, 1.54) is 29.2 Å². The predicted molar refractivity (Wildman–Crippen MR) is 108 cm³/mol. The number of hydrogen-bond acceptors (Lipinski definition) is 5. The fraction of sp³-hybridized carbons (Fsp3) is 0.273. The number of ether oxygens (including phenoxy) is 2. The fourth-order valence-corrected chi connectivity index (χ4v) is 3.12. The third-order valence-electron chi connectivity index (χ3n) is 4.45. The lowest BCUT2D eigenvalue weighted by Crippen LogP contribution is -2.33. The monoisotopic (exact) mass is 398 g/mol. The highest BCUT2D eigenvalue weighted by atomic mass is 19.1. The van der Waals surface area contributed by atoms with Crippen molar-refractivity contribution in [3.63, 3.8) is 0 Å². The second-order valence-corrected chi connectivity index (χ2v) is 6.45. The van der Waals surface area contributed by atoms with Gasteiger partial charge in [-0.05, 0) is 43.2 Å². The number of benzene rings is 2. The molecule has 0 fully saturated rings. The van der Waals surface area contributed by atoms with Gasteiger partial charge in [-0.1, -0.05) is 18.2 Å². The number of hydrogen-bond donors (Lipinski definition) is 1. The molecule has 0 saturated heterocycles. The van der Waals surface area contributed by atoms with Crippen molar-refractivity contribution >= 4 is 23.1 Å². The summed E-state index contributed by atoms with van der Waals surface area (Å²) < 4.78 is 23.9. The molecule has 0 unspecified atom stereocenters. The summed E-state index contributed by atoms with van der Waals surface area (Å²) in [5, 5.41) is 3.07. The Kier molecular flexibility index (Phi) is 6.61. The molecule has 2 aromatic carbocycles. The third kappa shape index (κ3) is 4.63. The van der Waals surface area contributed by atoms with Gasteiger partial charge in [-0.2, -0.15) is 0 Å². The second kappa shape index (κ2) is 9.34. The van der Waals surface area contributed by atoms with Gasteiger partial charge in [0.1, 0.15) is 17.3 Å². The van der Waals surface area contributed by atoms with Crippen LogP contribution in [0.5, 0.6) is 5.75 Å². The minimum Gasteiger partial charge on any atom is -0.494 e. The van der Waals surface area contributed by atoms with Gasteiger partial charge in [-0.25, -0.2) is 4.39 Å². The van der Waals surface area contributed by atoms with E-state index in [1.807, 2.05) is 13.0 Å². The number of methoxy groups -OCH3 is 1. The van der Waals surface area contributed by atoms with Crippen LogP contribution in [-0.4, -0.2) is 43.6 Å². The van der Waals surface area contributed by atoms with E-state index in [-0.39, 0.29) is 17.8 Å². The summed E-state index contributed by atoms with van der Waals surface area (Å²) >= 11 is 0. The molecule has 3 rings (SSSR count). The van der Waals surface area contributed by atoms with Crippen LogP contribution in [0.2, 0.25) is 0 Å². The number of carbonyl (C=O) groups excluding carboxylic acids is 2. The van der Waals surface area contributed by atoms with E-state index in [1.54, 1.807) is 25.3 Å². The van der Waals surface area contributed by atoms with Gasteiger partial charge in [0.25, 0.3) is 11.8 Å². The normalized spacial score (nSPS) is 14.0. The maximum atomic E-state index is 13.4. The molecule has 0 radical (unpaired) electrons. The number of anilines is 1. The van der Waals surface area contributed by atoms with Crippen LogP contribution in [0.25, 0.3) is 5.57 Å². The van der Waals surface area contributed by atoms with Gasteiger partial charge in [-0.3, -0.25) is 14.5 Å². The third-order valence-corrected chi connectivity index (χ3v) is 4.45. The van der Waals surface area contributed by atoms with E-state index in [0.717, 1.165) is 0 Å². The summed E-state index contributed by atoms with van der Waals surface area (Å²) in [5.74, 6) is -0.606. The van der Waals surface area contributed by atoms with E-state index >= 15 is 0 Å². The van der Waals surface area contributed by atoms with Gasteiger partial charge in [-0.15, -0.1) is 0 Å². The molecule has 152 valence electrons. The highest BCUT2D eigenvalue weighted by Crippen LogP contribution is 2.31. The molecule has 0 bridgehead atoms. The zero-order valence-electron chi connectivity index (χ0n) is 16.4. The largest absolute Gasteiger partial charge is 0.494 e. The first-order valence-corrected chi connectivity index (χ1v) is 9.40. The molecule has 0 aliphatic carbocycles. The minimum absolute atomic E-state index is 0.160. The van der Waals surface area contributed by atoms with Crippen molar-refractivity contribution in [3.05, 3.63) is 65.6 Å². The van der Waals surface area contributed by atoms with Crippen LogP contribution in [0.4, 0.5) is 10.1 Å². The molecule has 1 heterocycles. The Morgan fingerprint density at radius 1 is 1.07 bits per heavy atom. The van der Waals surface area contributed by atoms with Crippen molar-refractivity contribution in [2.75, 3.05) is 32.2 Å². The lowest BCUT2D eigenvalue weighted by Gasteiger charge is -2.15. The number of nitrogens with zero attached hydrogens (tertiary/aromatic N) is 1. The average Bonchev–Trinajstić information content (AvgIpc) is 2.94. The van der Waals surface area contributed by atoms with Crippen LogP contribution in [0.15, 0.2) is 54.2 Å². The Balaban J connectivity index is 1.97. The summed E-state index contributed by atoms with van der Waals surface area (Å²) in [7, 11) is 1.56. The smallest absolute Gasteiger partial charge is 0.278 e. The van der Waals surface area contributed by atoms with Crippen molar-refractivity contribution in [1.82, 2.24) is 4.90 Å². The van der Waals surface area contributed by atoms with Crippen molar-refractivity contribution in [3.8, 4) is 5.75 Å². The van der Waals surface area contributed by atoms with E-state index in [9.17, 15) is 14.0 Å². The first kappa shape index (κ1) is 20.5. The first-order valence-electron chi connectivity index (χ1n) is 9.40. The highest BCUT2D eigenvalue weighted by Gasteiger charge is 2.38. The topological polar surface area (TPSA) is 67.9 Å². The van der Waals surface area contributed by atoms with Crippen LogP contribution in [0, 0.1) is 5.82 Å². The molecule has 7 heteroatoms. The van der Waals surface area contributed by atoms with Crippen LogP contribution in [0.1, 0.15) is 18.9 Å². The van der Waals surface area contributed by atoms with E-state index in [2.05, 4.69) is 5.32 Å². The van der Waals surface area contributed by atoms with Crippen molar-refractivity contribution in [1.29, 1.82) is 0 Å². The molecule has 2 aromatic rings. The second-order valence-electron chi connectivity index (χ2n) is 6.45. The van der Waals surface area contributed by atoms with Crippen LogP contribution < -0.4 is 10.1 Å². The zero-order chi connectivity index (χ0) is 20.8. The van der Waals surface area contributed by atoms with Gasteiger partial charge in [0.05, 0.1) is 12.2 Å². The van der Waals surface area contributed by atoms with Crippen LogP contribution in [-0.2, 0) is 14.3 Å². The number of imide groups is 1. The van der Waals surface area contributed by atoms with E-state index in [4.69, 9.17) is 9.47 Å². The molecular formula is C22H23FN2O4. The quantitative estimate of drug-likeness (QED) is 0.518. The number of nitrogens with one attached hydrogen (secondary N) is 1. The summed E-state index contributed by atoms with van der Waals surface area (Å²) in [6, 6.07) is 12.7. The molecule has 6 nitrogen and oxygen atoms in total. The first-order chi connectivity index (χ1) is 14.0. The molecule has 1 aliphatic rings. The Bertz CT molecular complexity index is 925. The van der Waals surface area contributed by atoms with Gasteiger partial charge in [0.2, 0.25) is 0 Å². The molecular weight excluding hydrogens is 375 g/mol. The zero-order valence-corrected chi connectivity index (χ0v) is 16.4. The number of amides is 2. The summed E-state index contributed by atoms with van der Waals surface area (Å²) in [4.78, 5) is 27.2. The van der Waals surface area contributed by atoms with Gasteiger partial charge in [0, 0.05) is 32.0 Å². The van der Waals surface area contributed by atoms with E-state index in [0.29, 0.717) is 36.6 Å². The van der Waals surface area contributed by atoms with Crippen LogP contribution >= 0.6 is 0 Å². The van der Waals surface area contributed by atoms with Gasteiger partial charge < -0.3 is 14.8 Å². The van der Waals surface area contributed by atoms with Gasteiger partial charge in [0.15, 0.2) is 0 Å². The van der Waals surface area contributed by atoms with E-state index < -0.39 is 17.6 Å². The number of rotatable bonds is 9. The molecule has 29 heavy (non-hydrogen) atoms. The molecule has 2 amide bonds. The number of halogens is 1. The molecule has 1 N–H and O–H groups in total. The minimum atomic E-state index is -0.424. The molecule has 0 saturated carbocycles. The lowest BCUT2D eigenvalue weighted by molar-refractivity contribution is -0.136. The Hall–Kier alpha value is -3.19. The van der Waals surface area contributed by atoms with Crippen molar-refractivity contribution in [2.24, 2.45) is 0 Å². The summed E-state index contributed by atoms with van der Waals surface area (Å²) in [5.41, 5.74) is 1.47. The lowest BCUT2D eigenvalue weighted by atomic mass is 10.0. The molecule has 0 aromatic heterocycles. The van der Waals surface area contributed by atoms with Crippen LogP contribution in [0.3, 0.4) is 0 Å². The summed E-state index contributed by atoms with van der Waals surface area (Å²) in [6.45, 7) is 3.06. The number of carbonyl (C=O) groups is 2.